The van der Waals surface area contributed by atoms with Crippen molar-refractivity contribution in [1.29, 1.82) is 0 Å². The van der Waals surface area contributed by atoms with Crippen LogP contribution in [0.5, 0.6) is 0 Å². The van der Waals surface area contributed by atoms with E-state index in [0.717, 1.165) is 42.8 Å². The van der Waals surface area contributed by atoms with Crippen molar-refractivity contribution < 1.29 is 9.84 Å². The second-order valence-corrected chi connectivity index (χ2v) is 7.95. The Kier molecular flexibility index (Phi) is 4.62. The molecule has 2 fully saturated rings. The van der Waals surface area contributed by atoms with E-state index in [2.05, 4.69) is 45.8 Å². The Morgan fingerprint density at radius 1 is 1.14 bits per heavy atom. The van der Waals surface area contributed by atoms with Crippen LogP contribution in [-0.4, -0.2) is 63.0 Å². The Morgan fingerprint density at radius 3 is 2.96 bits per heavy atom. The van der Waals surface area contributed by atoms with E-state index in [-0.39, 0.29) is 12.7 Å². The summed E-state index contributed by atoms with van der Waals surface area (Å²) in [4.78, 5) is 11.8. The Morgan fingerprint density at radius 2 is 2.07 bits per heavy atom. The monoisotopic (exact) mass is 378 g/mol. The van der Waals surface area contributed by atoms with E-state index >= 15 is 0 Å². The molecule has 0 radical (unpaired) electrons. The molecule has 28 heavy (non-hydrogen) atoms. The number of aromatic nitrogens is 3. The lowest BCUT2D eigenvalue weighted by Gasteiger charge is -2.34. The number of pyridine rings is 1. The third-order valence-corrected chi connectivity index (χ3v) is 6.20. The van der Waals surface area contributed by atoms with Crippen molar-refractivity contribution in [1.82, 2.24) is 19.4 Å². The van der Waals surface area contributed by atoms with Gasteiger partial charge in [-0.1, -0.05) is 12.1 Å². The summed E-state index contributed by atoms with van der Waals surface area (Å²) in [6, 6.07) is 9.17. The minimum absolute atomic E-state index is 0.147. The first-order valence-electron chi connectivity index (χ1n) is 10.1. The van der Waals surface area contributed by atoms with Gasteiger partial charge in [-0.3, -0.25) is 9.88 Å². The van der Waals surface area contributed by atoms with Gasteiger partial charge in [0.2, 0.25) is 0 Å². The summed E-state index contributed by atoms with van der Waals surface area (Å²) in [6.07, 6.45) is 7.79. The van der Waals surface area contributed by atoms with Gasteiger partial charge >= 0.3 is 0 Å². The molecule has 1 N–H and O–H groups in total. The fourth-order valence-electron chi connectivity index (χ4n) is 4.80. The van der Waals surface area contributed by atoms with Crippen molar-refractivity contribution in [2.24, 2.45) is 0 Å². The summed E-state index contributed by atoms with van der Waals surface area (Å²) in [6.45, 7) is 4.99. The minimum atomic E-state index is 0.147. The summed E-state index contributed by atoms with van der Waals surface area (Å²) in [5.41, 5.74) is 3.40. The lowest BCUT2D eigenvalue weighted by molar-refractivity contribution is -0.0567. The van der Waals surface area contributed by atoms with Gasteiger partial charge in [0.05, 0.1) is 18.2 Å². The normalized spacial score (nSPS) is 25.3. The van der Waals surface area contributed by atoms with Crippen molar-refractivity contribution >= 4 is 10.9 Å². The first kappa shape index (κ1) is 17.8. The maximum absolute atomic E-state index is 9.22. The van der Waals surface area contributed by atoms with E-state index in [9.17, 15) is 5.11 Å². The van der Waals surface area contributed by atoms with Crippen LogP contribution in [0.25, 0.3) is 22.3 Å². The average molecular weight is 378 g/mol. The van der Waals surface area contributed by atoms with Crippen molar-refractivity contribution in [3.05, 3.63) is 48.4 Å². The minimum Gasteiger partial charge on any atom is -0.396 e. The van der Waals surface area contributed by atoms with Crippen LogP contribution in [0.2, 0.25) is 0 Å². The molecule has 1 aromatic carbocycles. The number of hydrogen-bond donors (Lipinski definition) is 1. The lowest BCUT2D eigenvalue weighted by Crippen LogP contribution is -2.46. The standard InChI is InChI=1S/C22H26N4O2/c1-15-4-5-20-19(3-2-7-23-20)21(15)22-24-8-9-26(22)16-11-17-14-28-18(6-10-27)13-25(17)12-16/h2-5,7-9,16-18,27H,6,10-14H2,1H3/t16-,17-,18-/m0/s1. The number of imidazole rings is 1. The highest BCUT2D eigenvalue weighted by Crippen LogP contribution is 2.36. The van der Waals surface area contributed by atoms with Gasteiger partial charge in [0.1, 0.15) is 5.82 Å². The molecular weight excluding hydrogens is 352 g/mol. The van der Waals surface area contributed by atoms with E-state index in [1.54, 1.807) is 0 Å². The molecule has 2 aliphatic rings. The van der Waals surface area contributed by atoms with Gasteiger partial charge in [0.25, 0.3) is 0 Å². The summed E-state index contributed by atoms with van der Waals surface area (Å²) in [5.74, 6) is 1.02. The summed E-state index contributed by atoms with van der Waals surface area (Å²) < 4.78 is 8.30. The van der Waals surface area contributed by atoms with Crippen molar-refractivity contribution in [2.45, 2.75) is 38.0 Å². The second kappa shape index (κ2) is 7.28. The zero-order valence-electron chi connectivity index (χ0n) is 16.2. The van der Waals surface area contributed by atoms with E-state index in [1.165, 1.54) is 11.1 Å². The first-order chi connectivity index (χ1) is 13.7. The molecule has 5 rings (SSSR count). The number of hydrogen-bond acceptors (Lipinski definition) is 5. The molecule has 6 heteroatoms. The van der Waals surface area contributed by atoms with E-state index in [0.29, 0.717) is 18.5 Å². The third kappa shape index (κ3) is 3.02. The Labute approximate surface area is 164 Å². The SMILES string of the molecule is Cc1ccc2ncccc2c1-c1nccn1[C@H]1C[C@H]2CO[C@@H](CCO)CN2C1. The zero-order valence-corrected chi connectivity index (χ0v) is 16.2. The van der Waals surface area contributed by atoms with Gasteiger partial charge in [-0.15, -0.1) is 0 Å². The van der Waals surface area contributed by atoms with E-state index in [1.807, 2.05) is 18.5 Å². The highest BCUT2D eigenvalue weighted by molar-refractivity contribution is 5.94. The van der Waals surface area contributed by atoms with Crippen LogP contribution in [0, 0.1) is 6.92 Å². The average Bonchev–Trinajstić information content (AvgIpc) is 3.34. The van der Waals surface area contributed by atoms with Gasteiger partial charge in [-0.25, -0.2) is 4.98 Å². The number of rotatable bonds is 4. The van der Waals surface area contributed by atoms with Gasteiger partial charge in [-0.2, -0.15) is 0 Å². The molecule has 3 atom stereocenters. The maximum atomic E-state index is 9.22. The third-order valence-electron chi connectivity index (χ3n) is 6.20. The van der Waals surface area contributed by atoms with Crippen LogP contribution in [0.15, 0.2) is 42.9 Å². The van der Waals surface area contributed by atoms with Crippen LogP contribution in [0.1, 0.15) is 24.4 Å². The van der Waals surface area contributed by atoms with E-state index in [4.69, 9.17) is 9.72 Å². The maximum Gasteiger partial charge on any atom is 0.141 e. The molecule has 6 nitrogen and oxygen atoms in total. The quantitative estimate of drug-likeness (QED) is 0.756. The summed E-state index contributed by atoms with van der Waals surface area (Å²) in [7, 11) is 0. The number of ether oxygens (including phenoxy) is 1. The Hall–Kier alpha value is -2.28. The molecule has 0 spiro atoms. The number of morpholine rings is 1. The van der Waals surface area contributed by atoms with Crippen molar-refractivity contribution in [2.75, 3.05) is 26.3 Å². The Balaban J connectivity index is 1.48. The molecule has 2 saturated heterocycles. The molecule has 2 aromatic heterocycles. The van der Waals surface area contributed by atoms with Crippen LogP contribution < -0.4 is 0 Å². The predicted octanol–water partition coefficient (Wildman–Crippen LogP) is 2.80. The van der Waals surface area contributed by atoms with Crippen LogP contribution in [0.3, 0.4) is 0 Å². The first-order valence-corrected chi connectivity index (χ1v) is 10.1. The number of aliphatic hydroxyl groups excluding tert-OH is 1. The molecule has 0 aliphatic carbocycles. The smallest absolute Gasteiger partial charge is 0.141 e. The molecule has 4 heterocycles. The zero-order chi connectivity index (χ0) is 19.1. The highest BCUT2D eigenvalue weighted by atomic mass is 16.5. The van der Waals surface area contributed by atoms with Gasteiger partial charge in [0, 0.05) is 61.3 Å². The Bertz CT molecular complexity index is 986. The molecular formula is C22H26N4O2. The van der Waals surface area contributed by atoms with E-state index < -0.39 is 0 Å². The molecule has 0 amide bonds. The van der Waals surface area contributed by atoms with Crippen molar-refractivity contribution in [3.63, 3.8) is 0 Å². The van der Waals surface area contributed by atoms with Crippen LogP contribution >= 0.6 is 0 Å². The lowest BCUT2D eigenvalue weighted by atomic mass is 10.0. The van der Waals surface area contributed by atoms with Crippen LogP contribution in [-0.2, 0) is 4.74 Å². The molecule has 3 aromatic rings. The molecule has 0 bridgehead atoms. The topological polar surface area (TPSA) is 63.4 Å². The fraction of sp³-hybridized carbons (Fsp3) is 0.455. The van der Waals surface area contributed by atoms with Gasteiger partial charge < -0.3 is 14.4 Å². The number of aryl methyl sites for hydroxylation is 1. The molecule has 146 valence electrons. The largest absolute Gasteiger partial charge is 0.396 e. The number of aliphatic hydroxyl groups is 1. The van der Waals surface area contributed by atoms with Gasteiger partial charge in [-0.05, 0) is 37.5 Å². The van der Waals surface area contributed by atoms with Gasteiger partial charge in [0.15, 0.2) is 0 Å². The highest BCUT2D eigenvalue weighted by Gasteiger charge is 2.38. The molecule has 0 unspecified atom stereocenters. The van der Waals surface area contributed by atoms with Crippen molar-refractivity contribution in [3.8, 4) is 11.4 Å². The molecule has 2 aliphatic heterocycles. The molecule has 0 saturated carbocycles. The number of nitrogens with zero attached hydrogens (tertiary/aromatic N) is 4. The predicted molar refractivity (Wildman–Crippen MR) is 108 cm³/mol. The fourth-order valence-corrected chi connectivity index (χ4v) is 4.80. The second-order valence-electron chi connectivity index (χ2n) is 7.95. The summed E-state index contributed by atoms with van der Waals surface area (Å²) in [5, 5.41) is 10.4. The number of fused-ring (bicyclic) bond motifs is 2. The van der Waals surface area contributed by atoms with Crippen LogP contribution in [0.4, 0.5) is 0 Å². The summed E-state index contributed by atoms with van der Waals surface area (Å²) >= 11 is 0. The number of benzene rings is 1.